The second-order valence-electron chi connectivity index (χ2n) is 8.06. The Kier molecular flexibility index (Phi) is 6.16. The summed E-state index contributed by atoms with van der Waals surface area (Å²) in [6, 6.07) is 10.0. The van der Waals surface area contributed by atoms with E-state index in [4.69, 9.17) is 9.26 Å². The fourth-order valence-electron chi connectivity index (χ4n) is 4.24. The van der Waals surface area contributed by atoms with Crippen LogP contribution in [0.1, 0.15) is 53.4 Å². The van der Waals surface area contributed by atoms with Gasteiger partial charge in [0.05, 0.1) is 18.9 Å². The SMILES string of the molecule is COc1ccc(CN2CCCC(c3cc(C(=O)N4CCC(O)CC4)on3)C2)cc1. The van der Waals surface area contributed by atoms with Crippen LogP contribution in [0.15, 0.2) is 34.9 Å². The zero-order chi connectivity index (χ0) is 20.2. The fraction of sp³-hybridized carbons (Fsp3) is 0.545. The van der Waals surface area contributed by atoms with Gasteiger partial charge in [-0.25, -0.2) is 0 Å². The normalized spacial score (nSPS) is 21.3. The molecule has 156 valence electrons. The summed E-state index contributed by atoms with van der Waals surface area (Å²) >= 11 is 0. The van der Waals surface area contributed by atoms with E-state index in [1.807, 2.05) is 18.2 Å². The summed E-state index contributed by atoms with van der Waals surface area (Å²) in [5.74, 6) is 1.33. The van der Waals surface area contributed by atoms with E-state index >= 15 is 0 Å². The van der Waals surface area contributed by atoms with Crippen molar-refractivity contribution >= 4 is 5.91 Å². The van der Waals surface area contributed by atoms with Gasteiger partial charge in [0.1, 0.15) is 5.75 Å². The first-order chi connectivity index (χ1) is 14.1. The number of aliphatic hydroxyl groups is 1. The second-order valence-corrected chi connectivity index (χ2v) is 8.06. The first-order valence-corrected chi connectivity index (χ1v) is 10.4. The molecule has 2 aromatic rings. The fourth-order valence-corrected chi connectivity index (χ4v) is 4.24. The van der Waals surface area contributed by atoms with Crippen molar-refractivity contribution in [3.05, 3.63) is 47.3 Å². The van der Waals surface area contributed by atoms with Crippen LogP contribution in [0.2, 0.25) is 0 Å². The minimum atomic E-state index is -0.303. The number of carbonyl (C=O) groups excluding carboxylic acids is 1. The van der Waals surface area contributed by atoms with E-state index in [1.54, 1.807) is 12.0 Å². The number of benzene rings is 1. The summed E-state index contributed by atoms with van der Waals surface area (Å²) in [5, 5.41) is 13.8. The molecule has 0 saturated carbocycles. The van der Waals surface area contributed by atoms with Gasteiger partial charge in [-0.05, 0) is 49.9 Å². The number of amides is 1. The molecule has 3 heterocycles. The molecule has 2 aliphatic heterocycles. The number of aromatic nitrogens is 1. The van der Waals surface area contributed by atoms with Gasteiger partial charge in [-0.1, -0.05) is 17.3 Å². The topological polar surface area (TPSA) is 79.0 Å². The molecule has 7 nitrogen and oxygen atoms in total. The first-order valence-electron chi connectivity index (χ1n) is 10.4. The Labute approximate surface area is 171 Å². The first kappa shape index (κ1) is 19.9. The minimum Gasteiger partial charge on any atom is -0.497 e. The third kappa shape index (κ3) is 4.79. The molecule has 2 saturated heterocycles. The van der Waals surface area contributed by atoms with Crippen LogP contribution in [0.3, 0.4) is 0 Å². The van der Waals surface area contributed by atoms with Gasteiger partial charge in [0, 0.05) is 38.2 Å². The Bertz CT molecular complexity index is 812. The quantitative estimate of drug-likeness (QED) is 0.833. The summed E-state index contributed by atoms with van der Waals surface area (Å²) in [6.45, 7) is 3.98. The summed E-state index contributed by atoms with van der Waals surface area (Å²) in [4.78, 5) is 16.8. The Balaban J connectivity index is 1.36. The highest BCUT2D eigenvalue weighted by molar-refractivity contribution is 5.91. The molecule has 0 aliphatic carbocycles. The van der Waals surface area contributed by atoms with Gasteiger partial charge in [-0.15, -0.1) is 0 Å². The van der Waals surface area contributed by atoms with Crippen molar-refractivity contribution in [2.75, 3.05) is 33.3 Å². The number of hydrogen-bond acceptors (Lipinski definition) is 6. The Morgan fingerprint density at radius 1 is 1.21 bits per heavy atom. The Morgan fingerprint density at radius 2 is 1.97 bits per heavy atom. The third-order valence-electron chi connectivity index (χ3n) is 5.98. The second kappa shape index (κ2) is 8.97. The standard InChI is InChI=1S/C22H29N3O4/c1-28-19-6-4-16(5-7-19)14-24-10-2-3-17(15-24)20-13-21(29-23-20)22(27)25-11-8-18(26)9-12-25/h4-7,13,17-18,26H,2-3,8-12,14-15H2,1H3. The van der Waals surface area contributed by atoms with Crippen LogP contribution in [0.4, 0.5) is 0 Å². The Morgan fingerprint density at radius 3 is 2.69 bits per heavy atom. The van der Waals surface area contributed by atoms with Gasteiger partial charge < -0.3 is 19.3 Å². The number of hydrogen-bond donors (Lipinski definition) is 1. The number of piperidine rings is 2. The summed E-state index contributed by atoms with van der Waals surface area (Å²) in [5.41, 5.74) is 2.12. The molecule has 0 radical (unpaired) electrons. The van der Waals surface area contributed by atoms with Crippen molar-refractivity contribution < 1.29 is 19.2 Å². The van der Waals surface area contributed by atoms with Crippen LogP contribution in [-0.2, 0) is 6.54 Å². The molecular weight excluding hydrogens is 370 g/mol. The van der Waals surface area contributed by atoms with Crippen molar-refractivity contribution in [3.8, 4) is 5.75 Å². The van der Waals surface area contributed by atoms with Crippen molar-refractivity contribution in [3.63, 3.8) is 0 Å². The molecule has 1 N–H and O–H groups in total. The molecule has 7 heteroatoms. The molecule has 1 aromatic carbocycles. The molecule has 2 aliphatic rings. The maximum absolute atomic E-state index is 12.7. The Hall–Kier alpha value is -2.38. The van der Waals surface area contributed by atoms with Gasteiger partial charge >= 0.3 is 0 Å². The van der Waals surface area contributed by atoms with Gasteiger partial charge in [-0.3, -0.25) is 9.69 Å². The molecule has 1 atom stereocenters. The number of carbonyl (C=O) groups is 1. The highest BCUT2D eigenvalue weighted by atomic mass is 16.5. The highest BCUT2D eigenvalue weighted by Gasteiger charge is 2.28. The lowest BCUT2D eigenvalue weighted by Gasteiger charge is -2.31. The lowest BCUT2D eigenvalue weighted by Crippen LogP contribution is -2.39. The van der Waals surface area contributed by atoms with Crippen LogP contribution in [0.5, 0.6) is 5.75 Å². The van der Waals surface area contributed by atoms with Crippen molar-refractivity contribution in [1.82, 2.24) is 15.0 Å². The molecule has 4 rings (SSSR count). The number of likely N-dealkylation sites (tertiary alicyclic amines) is 2. The summed E-state index contributed by atoms with van der Waals surface area (Å²) in [7, 11) is 1.68. The summed E-state index contributed by atoms with van der Waals surface area (Å²) < 4.78 is 10.6. The van der Waals surface area contributed by atoms with E-state index in [2.05, 4.69) is 22.2 Å². The van der Waals surface area contributed by atoms with Gasteiger partial charge in [0.2, 0.25) is 5.76 Å². The lowest BCUT2D eigenvalue weighted by atomic mass is 9.94. The molecule has 0 spiro atoms. The number of methoxy groups -OCH3 is 1. The van der Waals surface area contributed by atoms with Gasteiger partial charge in [-0.2, -0.15) is 0 Å². The lowest BCUT2D eigenvalue weighted by molar-refractivity contribution is 0.0512. The number of aliphatic hydroxyl groups excluding tert-OH is 1. The zero-order valence-electron chi connectivity index (χ0n) is 16.9. The van der Waals surface area contributed by atoms with E-state index in [1.165, 1.54) is 5.56 Å². The van der Waals surface area contributed by atoms with Crippen molar-refractivity contribution in [1.29, 1.82) is 0 Å². The molecule has 1 unspecified atom stereocenters. The average Bonchev–Trinajstić information content (AvgIpc) is 3.25. The van der Waals surface area contributed by atoms with E-state index in [0.29, 0.717) is 31.7 Å². The molecule has 29 heavy (non-hydrogen) atoms. The van der Waals surface area contributed by atoms with Gasteiger partial charge in [0.15, 0.2) is 0 Å². The monoisotopic (exact) mass is 399 g/mol. The van der Waals surface area contributed by atoms with Crippen molar-refractivity contribution in [2.24, 2.45) is 0 Å². The molecule has 1 aromatic heterocycles. The smallest absolute Gasteiger partial charge is 0.292 e. The predicted octanol–water partition coefficient (Wildman–Crippen LogP) is 2.66. The number of rotatable bonds is 5. The number of ether oxygens (including phenoxy) is 1. The maximum atomic E-state index is 12.7. The summed E-state index contributed by atoms with van der Waals surface area (Å²) in [6.07, 6.45) is 3.09. The zero-order valence-corrected chi connectivity index (χ0v) is 16.9. The van der Waals surface area contributed by atoms with E-state index < -0.39 is 0 Å². The van der Waals surface area contributed by atoms with E-state index in [-0.39, 0.29) is 17.9 Å². The number of nitrogens with zero attached hydrogens (tertiary/aromatic N) is 3. The van der Waals surface area contributed by atoms with E-state index in [0.717, 1.165) is 43.9 Å². The van der Waals surface area contributed by atoms with Crippen LogP contribution >= 0.6 is 0 Å². The van der Waals surface area contributed by atoms with Gasteiger partial charge in [0.25, 0.3) is 5.91 Å². The van der Waals surface area contributed by atoms with Crippen LogP contribution in [0.25, 0.3) is 0 Å². The van der Waals surface area contributed by atoms with Crippen molar-refractivity contribution in [2.45, 2.75) is 44.2 Å². The van der Waals surface area contributed by atoms with Crippen LogP contribution < -0.4 is 4.74 Å². The highest BCUT2D eigenvalue weighted by Crippen LogP contribution is 2.28. The maximum Gasteiger partial charge on any atom is 0.292 e. The molecule has 1 amide bonds. The molecular formula is C22H29N3O4. The molecule has 0 bridgehead atoms. The predicted molar refractivity (Wildman–Crippen MR) is 108 cm³/mol. The minimum absolute atomic E-state index is 0.124. The largest absolute Gasteiger partial charge is 0.497 e. The van der Waals surface area contributed by atoms with E-state index in [9.17, 15) is 9.90 Å². The van der Waals surface area contributed by atoms with Crippen LogP contribution in [-0.4, -0.2) is 65.4 Å². The van der Waals surface area contributed by atoms with Crippen LogP contribution in [0, 0.1) is 0 Å². The average molecular weight is 399 g/mol. The third-order valence-corrected chi connectivity index (χ3v) is 5.98. The molecule has 2 fully saturated rings.